The molecule has 2 rings (SSSR count). The van der Waals surface area contributed by atoms with Gasteiger partial charge in [-0.3, -0.25) is 0 Å². The van der Waals surface area contributed by atoms with Gasteiger partial charge in [-0.2, -0.15) is 0 Å². The van der Waals surface area contributed by atoms with E-state index < -0.39 is 8.32 Å². The topological polar surface area (TPSA) is 25.0 Å². The summed E-state index contributed by atoms with van der Waals surface area (Å²) in [6, 6.07) is 10.3. The summed E-state index contributed by atoms with van der Waals surface area (Å²) in [5.74, 6) is 0.894. The largest absolute Gasteiger partial charge is 0.533 e. The molecule has 2 nitrogen and oxygen atoms in total. The second kappa shape index (κ2) is 3.17. The van der Waals surface area contributed by atoms with Crippen LogP contribution in [-0.4, -0.2) is 13.3 Å². The number of aromatic amines is 1. The average molecular weight is 205 g/mol. The minimum absolute atomic E-state index is 0.894. The van der Waals surface area contributed by atoms with E-state index in [1.54, 1.807) is 0 Å². The molecule has 0 aliphatic rings. The standard InChI is InChI=1S/C11H15NOSi/c1-14(2,3)13-11-8-9-6-4-5-7-10(9)12-11/h4-8,12H,1-3H3. The van der Waals surface area contributed by atoms with Crippen LogP contribution in [-0.2, 0) is 0 Å². The van der Waals surface area contributed by atoms with Gasteiger partial charge in [0.2, 0.25) is 8.32 Å². The van der Waals surface area contributed by atoms with Gasteiger partial charge in [-0.15, -0.1) is 0 Å². The van der Waals surface area contributed by atoms with Crippen LogP contribution >= 0.6 is 0 Å². The Labute approximate surface area is 85.0 Å². The zero-order chi connectivity index (χ0) is 10.2. The molecule has 0 atom stereocenters. The molecule has 0 saturated heterocycles. The fourth-order valence-electron chi connectivity index (χ4n) is 1.43. The van der Waals surface area contributed by atoms with Crippen molar-refractivity contribution in [2.45, 2.75) is 19.6 Å². The summed E-state index contributed by atoms with van der Waals surface area (Å²) in [4.78, 5) is 3.26. The predicted octanol–water partition coefficient (Wildman–Crippen LogP) is 3.38. The van der Waals surface area contributed by atoms with Crippen molar-refractivity contribution < 1.29 is 4.43 Å². The number of benzene rings is 1. The molecule has 0 radical (unpaired) electrons. The molecule has 0 aliphatic carbocycles. The van der Waals surface area contributed by atoms with Gasteiger partial charge in [0.05, 0.1) is 0 Å². The van der Waals surface area contributed by atoms with Crippen LogP contribution in [0, 0.1) is 0 Å². The number of H-pyrrole nitrogens is 1. The molecule has 0 aliphatic heterocycles. The molecule has 74 valence electrons. The number of aromatic nitrogens is 1. The lowest BCUT2D eigenvalue weighted by Gasteiger charge is -2.16. The number of para-hydroxylation sites is 1. The third kappa shape index (κ3) is 1.99. The summed E-state index contributed by atoms with van der Waals surface area (Å²) in [7, 11) is -1.49. The third-order valence-electron chi connectivity index (χ3n) is 1.92. The summed E-state index contributed by atoms with van der Waals surface area (Å²) < 4.78 is 5.87. The molecule has 1 aromatic heterocycles. The first-order valence-electron chi connectivity index (χ1n) is 4.81. The highest BCUT2D eigenvalue weighted by Crippen LogP contribution is 2.22. The van der Waals surface area contributed by atoms with Crippen LogP contribution in [0.5, 0.6) is 5.88 Å². The van der Waals surface area contributed by atoms with Crippen molar-refractivity contribution in [2.24, 2.45) is 0 Å². The van der Waals surface area contributed by atoms with Gasteiger partial charge in [0, 0.05) is 17.0 Å². The van der Waals surface area contributed by atoms with Crippen LogP contribution < -0.4 is 4.43 Å². The molecule has 0 spiro atoms. The smallest absolute Gasteiger partial charge is 0.244 e. The van der Waals surface area contributed by atoms with Gasteiger partial charge in [0.15, 0.2) is 5.88 Å². The predicted molar refractivity (Wildman–Crippen MR) is 62.3 cm³/mol. The quantitative estimate of drug-likeness (QED) is 0.747. The number of rotatable bonds is 2. The van der Waals surface area contributed by atoms with Crippen molar-refractivity contribution in [3.63, 3.8) is 0 Å². The van der Waals surface area contributed by atoms with Crippen LogP contribution in [0.15, 0.2) is 30.3 Å². The first-order chi connectivity index (χ1) is 6.54. The van der Waals surface area contributed by atoms with Gasteiger partial charge in [0.1, 0.15) is 0 Å². The first kappa shape index (κ1) is 9.34. The molecule has 0 amide bonds. The molecule has 0 bridgehead atoms. The van der Waals surface area contributed by atoms with Crippen LogP contribution in [0.4, 0.5) is 0 Å². The molecule has 1 heterocycles. The van der Waals surface area contributed by atoms with Gasteiger partial charge in [-0.05, 0) is 25.7 Å². The monoisotopic (exact) mass is 205 g/mol. The number of hydrogen-bond donors (Lipinski definition) is 1. The Morgan fingerprint density at radius 3 is 2.50 bits per heavy atom. The van der Waals surface area contributed by atoms with E-state index in [4.69, 9.17) is 4.43 Å². The van der Waals surface area contributed by atoms with Gasteiger partial charge < -0.3 is 9.41 Å². The maximum atomic E-state index is 5.87. The third-order valence-corrected chi connectivity index (χ3v) is 2.75. The van der Waals surface area contributed by atoms with Gasteiger partial charge in [0.25, 0.3) is 0 Å². The molecule has 14 heavy (non-hydrogen) atoms. The van der Waals surface area contributed by atoms with E-state index in [0.717, 1.165) is 11.4 Å². The van der Waals surface area contributed by atoms with Crippen LogP contribution in [0.2, 0.25) is 19.6 Å². The van der Waals surface area contributed by atoms with Crippen molar-refractivity contribution in [1.82, 2.24) is 4.98 Å². The van der Waals surface area contributed by atoms with Gasteiger partial charge in [-0.25, -0.2) is 0 Å². The second-order valence-corrected chi connectivity index (χ2v) is 8.86. The van der Waals surface area contributed by atoms with E-state index in [9.17, 15) is 0 Å². The number of fused-ring (bicyclic) bond motifs is 1. The van der Waals surface area contributed by atoms with E-state index >= 15 is 0 Å². The van der Waals surface area contributed by atoms with Crippen molar-refractivity contribution in [3.05, 3.63) is 30.3 Å². The Bertz CT molecular complexity index is 409. The van der Waals surface area contributed by atoms with Gasteiger partial charge in [-0.1, -0.05) is 18.2 Å². The van der Waals surface area contributed by atoms with Crippen LogP contribution in [0.3, 0.4) is 0 Å². The van der Waals surface area contributed by atoms with E-state index in [1.165, 1.54) is 5.39 Å². The van der Waals surface area contributed by atoms with E-state index in [-0.39, 0.29) is 0 Å². The van der Waals surface area contributed by atoms with Crippen molar-refractivity contribution in [1.29, 1.82) is 0 Å². The highest BCUT2D eigenvalue weighted by molar-refractivity contribution is 6.70. The molecule has 0 unspecified atom stereocenters. The van der Waals surface area contributed by atoms with Crippen LogP contribution in [0.25, 0.3) is 10.9 Å². The average Bonchev–Trinajstić information content (AvgIpc) is 2.42. The summed E-state index contributed by atoms with van der Waals surface area (Å²) in [6.07, 6.45) is 0. The lowest BCUT2D eigenvalue weighted by molar-refractivity contribution is 0.540. The molecule has 0 saturated carbocycles. The molecule has 2 aromatic rings. The fraction of sp³-hybridized carbons (Fsp3) is 0.273. The summed E-state index contributed by atoms with van der Waals surface area (Å²) in [5, 5.41) is 1.21. The molecule has 0 fully saturated rings. The minimum atomic E-state index is -1.49. The first-order valence-corrected chi connectivity index (χ1v) is 8.22. The maximum Gasteiger partial charge on any atom is 0.244 e. The van der Waals surface area contributed by atoms with Crippen LogP contribution in [0.1, 0.15) is 0 Å². The van der Waals surface area contributed by atoms with E-state index in [0.29, 0.717) is 0 Å². The highest BCUT2D eigenvalue weighted by Gasteiger charge is 2.17. The molecule has 3 heteroatoms. The normalized spacial score (nSPS) is 11.9. The van der Waals surface area contributed by atoms with Crippen molar-refractivity contribution in [3.8, 4) is 5.88 Å². The molecular formula is C11H15NOSi. The Kier molecular flexibility index (Phi) is 2.11. The zero-order valence-electron chi connectivity index (χ0n) is 8.79. The summed E-state index contributed by atoms with van der Waals surface area (Å²) in [6.45, 7) is 6.54. The lowest BCUT2D eigenvalue weighted by atomic mass is 10.3. The fourth-order valence-corrected chi connectivity index (χ4v) is 2.20. The SMILES string of the molecule is C[Si](C)(C)Oc1cc2ccccc2[nH]1. The highest BCUT2D eigenvalue weighted by atomic mass is 28.4. The Hall–Kier alpha value is -1.22. The van der Waals surface area contributed by atoms with Crippen molar-refractivity contribution in [2.75, 3.05) is 0 Å². The molecule has 1 N–H and O–H groups in total. The van der Waals surface area contributed by atoms with E-state index in [1.807, 2.05) is 12.1 Å². The number of hydrogen-bond acceptors (Lipinski definition) is 1. The maximum absolute atomic E-state index is 5.87. The Balaban J connectivity index is 2.36. The number of nitrogens with one attached hydrogen (secondary N) is 1. The Morgan fingerprint density at radius 2 is 1.86 bits per heavy atom. The van der Waals surface area contributed by atoms with E-state index in [2.05, 4.69) is 42.8 Å². The minimum Gasteiger partial charge on any atom is -0.533 e. The molecular weight excluding hydrogens is 190 g/mol. The molecule has 1 aromatic carbocycles. The summed E-state index contributed by atoms with van der Waals surface area (Å²) in [5.41, 5.74) is 1.14. The lowest BCUT2D eigenvalue weighted by Crippen LogP contribution is -2.29. The second-order valence-electron chi connectivity index (χ2n) is 4.44. The van der Waals surface area contributed by atoms with Gasteiger partial charge >= 0.3 is 0 Å². The zero-order valence-corrected chi connectivity index (χ0v) is 9.79. The summed E-state index contributed by atoms with van der Waals surface area (Å²) >= 11 is 0. The Morgan fingerprint density at radius 1 is 1.14 bits per heavy atom. The van der Waals surface area contributed by atoms with Crippen molar-refractivity contribution >= 4 is 19.2 Å².